The fraction of sp³-hybridized carbons (Fsp3) is 0.947. The van der Waals surface area contributed by atoms with E-state index in [0.29, 0.717) is 13.0 Å². The Bertz CT molecular complexity index is 290. The van der Waals surface area contributed by atoms with Gasteiger partial charge >= 0.3 is 7.32 Å². The molecule has 7 heteroatoms. The van der Waals surface area contributed by atoms with Crippen molar-refractivity contribution in [3.05, 3.63) is 0 Å². The Kier molecular flexibility index (Phi) is 23.8. The second-order valence-corrected chi connectivity index (χ2v) is 7.12. The van der Waals surface area contributed by atoms with Gasteiger partial charge < -0.3 is 26.1 Å². The lowest BCUT2D eigenvalue weighted by atomic mass is 10.0. The Morgan fingerprint density at radius 1 is 0.846 bits per heavy atom. The zero-order valence-electron chi connectivity index (χ0n) is 17.1. The van der Waals surface area contributed by atoms with Crippen molar-refractivity contribution in [3.63, 3.8) is 0 Å². The lowest BCUT2D eigenvalue weighted by Gasteiger charge is -2.07. The molecule has 0 rings (SSSR count). The van der Waals surface area contributed by atoms with Crippen molar-refractivity contribution < 1.29 is 19.9 Å². The van der Waals surface area contributed by atoms with Crippen LogP contribution in [0.5, 0.6) is 0 Å². The summed E-state index contributed by atoms with van der Waals surface area (Å²) in [4.78, 5) is 11.5. The average Bonchev–Trinajstić information content (AvgIpc) is 2.56. The summed E-state index contributed by atoms with van der Waals surface area (Å²) < 4.78 is 0. The lowest BCUT2D eigenvalue weighted by Crippen LogP contribution is -2.34. The van der Waals surface area contributed by atoms with Crippen LogP contribution >= 0.6 is 0 Å². The minimum absolute atomic E-state index is 0.0515. The van der Waals surface area contributed by atoms with Crippen molar-refractivity contribution in [1.29, 1.82) is 0 Å². The number of hydrogen-bond donors (Lipinski definition) is 5. The van der Waals surface area contributed by atoms with E-state index in [1.807, 2.05) is 6.92 Å². The zero-order valence-corrected chi connectivity index (χ0v) is 17.1. The van der Waals surface area contributed by atoms with Gasteiger partial charge in [0.2, 0.25) is 5.91 Å². The van der Waals surface area contributed by atoms with Crippen LogP contribution in [0.2, 0.25) is 0 Å². The molecule has 0 spiro atoms. The number of unbranched alkanes of at least 4 members (excludes halogenated alkanes) is 12. The van der Waals surface area contributed by atoms with E-state index in [0.717, 1.165) is 6.42 Å². The third-order valence-corrected chi connectivity index (χ3v) is 4.13. The van der Waals surface area contributed by atoms with Crippen molar-refractivity contribution in [2.45, 2.75) is 110 Å². The van der Waals surface area contributed by atoms with Crippen LogP contribution in [0.25, 0.3) is 0 Å². The molecule has 6 N–H and O–H groups in total. The molecule has 0 saturated carbocycles. The molecule has 0 heterocycles. The molecule has 156 valence electrons. The van der Waals surface area contributed by atoms with Gasteiger partial charge in [-0.3, -0.25) is 4.79 Å². The predicted octanol–water partition coefficient (Wildman–Crippen LogP) is 2.88. The Morgan fingerprint density at radius 3 is 1.54 bits per heavy atom. The van der Waals surface area contributed by atoms with Gasteiger partial charge in [-0.25, -0.2) is 0 Å². The molecule has 6 nitrogen and oxygen atoms in total. The molecule has 1 amide bonds. The first-order valence-corrected chi connectivity index (χ1v) is 10.5. The monoisotopic (exact) mass is 374 g/mol. The van der Waals surface area contributed by atoms with Crippen molar-refractivity contribution >= 4 is 13.2 Å². The molecule has 26 heavy (non-hydrogen) atoms. The van der Waals surface area contributed by atoms with Gasteiger partial charge in [0.1, 0.15) is 0 Å². The third kappa shape index (κ3) is 31.2. The maximum Gasteiger partial charge on any atom is 0.631 e. The molecule has 0 aromatic carbocycles. The van der Waals surface area contributed by atoms with Gasteiger partial charge in [-0.15, -0.1) is 0 Å². The van der Waals surface area contributed by atoms with Crippen LogP contribution in [0.4, 0.5) is 0 Å². The Balaban J connectivity index is 0. The van der Waals surface area contributed by atoms with Gasteiger partial charge in [0.15, 0.2) is 0 Å². The summed E-state index contributed by atoms with van der Waals surface area (Å²) in [5.74, 6) is 0.153. The van der Waals surface area contributed by atoms with Crippen LogP contribution in [0.3, 0.4) is 0 Å². The maximum absolute atomic E-state index is 11.5. The minimum Gasteiger partial charge on any atom is -0.402 e. The molecule has 0 aliphatic rings. The summed E-state index contributed by atoms with van der Waals surface area (Å²) in [5.41, 5.74) is 5.60. The molecular formula is C19H43BN2O4. The molecule has 0 aliphatic heterocycles. The summed E-state index contributed by atoms with van der Waals surface area (Å²) in [6.45, 7) is 4.77. The van der Waals surface area contributed by atoms with Crippen molar-refractivity contribution in [3.8, 4) is 0 Å². The van der Waals surface area contributed by atoms with Crippen molar-refractivity contribution in [2.75, 3.05) is 6.54 Å². The van der Waals surface area contributed by atoms with Gasteiger partial charge in [0, 0.05) is 19.0 Å². The number of carbonyl (C=O) groups excluding carboxylic acids is 1. The zero-order chi connectivity index (χ0) is 20.0. The molecule has 0 aromatic rings. The van der Waals surface area contributed by atoms with Gasteiger partial charge in [0.25, 0.3) is 0 Å². The highest BCUT2D eigenvalue weighted by atomic mass is 16.5. The molecule has 0 radical (unpaired) electrons. The van der Waals surface area contributed by atoms with E-state index in [1.165, 1.54) is 77.0 Å². The molecule has 1 atom stereocenters. The van der Waals surface area contributed by atoms with Gasteiger partial charge in [-0.1, -0.05) is 84.0 Å². The summed E-state index contributed by atoms with van der Waals surface area (Å²) in [7, 11) is -2.17. The standard InChI is InChI=1S/C19H40N2O.BH3O3/c1-3-4-5-6-7-8-9-10-11-12-13-14-15-16-19(22)21-17-18(2)20;2-1(3)4/h18H,3-17,20H2,1-2H3,(H,21,22);2-4H. The molecule has 0 fully saturated rings. The fourth-order valence-corrected chi connectivity index (χ4v) is 2.67. The number of rotatable bonds is 16. The van der Waals surface area contributed by atoms with Gasteiger partial charge in [-0.2, -0.15) is 0 Å². The van der Waals surface area contributed by atoms with Crippen molar-refractivity contribution in [1.82, 2.24) is 5.32 Å². The molecule has 1 unspecified atom stereocenters. The first kappa shape index (κ1) is 27.6. The quantitative estimate of drug-likeness (QED) is 0.210. The highest BCUT2D eigenvalue weighted by Crippen LogP contribution is 2.12. The summed E-state index contributed by atoms with van der Waals surface area (Å²) >= 11 is 0. The summed E-state index contributed by atoms with van der Waals surface area (Å²) in [6.07, 6.45) is 18.1. The highest BCUT2D eigenvalue weighted by molar-refractivity contribution is 6.30. The van der Waals surface area contributed by atoms with Crippen molar-refractivity contribution in [2.24, 2.45) is 5.73 Å². The highest BCUT2D eigenvalue weighted by Gasteiger charge is 2.01. The summed E-state index contributed by atoms with van der Waals surface area (Å²) in [6, 6.07) is 0.0515. The van der Waals surface area contributed by atoms with E-state index in [-0.39, 0.29) is 11.9 Å². The topological polar surface area (TPSA) is 116 Å². The second kappa shape index (κ2) is 22.4. The lowest BCUT2D eigenvalue weighted by molar-refractivity contribution is -0.121. The third-order valence-electron chi connectivity index (χ3n) is 4.13. The molecular weight excluding hydrogens is 331 g/mol. The molecule has 0 aromatic heterocycles. The number of nitrogens with one attached hydrogen (secondary N) is 1. The maximum atomic E-state index is 11.5. The van der Waals surface area contributed by atoms with E-state index in [9.17, 15) is 4.79 Å². The molecule has 0 aliphatic carbocycles. The average molecular weight is 374 g/mol. The number of nitrogens with two attached hydrogens (primary N) is 1. The van der Waals surface area contributed by atoms with Crippen LogP contribution in [-0.2, 0) is 4.79 Å². The first-order chi connectivity index (χ1) is 12.4. The molecule has 0 bridgehead atoms. The normalized spacial score (nSPS) is 11.5. The first-order valence-electron chi connectivity index (χ1n) is 10.5. The van der Waals surface area contributed by atoms with E-state index < -0.39 is 7.32 Å². The SMILES string of the molecule is CCCCCCCCCCCCCCCC(=O)NCC(C)N.OB(O)O. The van der Waals surface area contributed by atoms with E-state index in [4.69, 9.17) is 20.8 Å². The number of hydrogen-bond acceptors (Lipinski definition) is 5. The Labute approximate surface area is 161 Å². The fourth-order valence-electron chi connectivity index (χ4n) is 2.67. The molecule has 0 saturated heterocycles. The van der Waals surface area contributed by atoms with Crippen LogP contribution in [-0.4, -0.2) is 40.9 Å². The van der Waals surface area contributed by atoms with E-state index in [2.05, 4.69) is 12.2 Å². The number of carbonyl (C=O) groups is 1. The van der Waals surface area contributed by atoms with Crippen LogP contribution in [0, 0.1) is 0 Å². The van der Waals surface area contributed by atoms with E-state index >= 15 is 0 Å². The summed E-state index contributed by atoms with van der Waals surface area (Å²) in [5, 5.41) is 24.4. The Hall–Kier alpha value is -0.625. The smallest absolute Gasteiger partial charge is 0.402 e. The second-order valence-electron chi connectivity index (χ2n) is 7.12. The minimum atomic E-state index is -2.17. The van der Waals surface area contributed by atoms with Crippen LogP contribution < -0.4 is 11.1 Å². The van der Waals surface area contributed by atoms with Gasteiger partial charge in [-0.05, 0) is 13.3 Å². The van der Waals surface area contributed by atoms with Crippen LogP contribution in [0.1, 0.15) is 104 Å². The number of amides is 1. The van der Waals surface area contributed by atoms with Gasteiger partial charge in [0.05, 0.1) is 0 Å². The van der Waals surface area contributed by atoms with Crippen LogP contribution in [0.15, 0.2) is 0 Å². The largest absolute Gasteiger partial charge is 0.631 e. The Morgan fingerprint density at radius 2 is 1.19 bits per heavy atom. The van der Waals surface area contributed by atoms with E-state index in [1.54, 1.807) is 0 Å². The predicted molar refractivity (Wildman–Crippen MR) is 109 cm³/mol.